The van der Waals surface area contributed by atoms with Gasteiger partial charge in [-0.15, -0.1) is 24.8 Å². The number of carbonyl (C=O) groups excluding carboxylic acids is 1. The minimum atomic E-state index is 0. The number of pyridine rings is 1. The molecule has 2 aliphatic heterocycles. The molecule has 0 radical (unpaired) electrons. The first kappa shape index (κ1) is 25.3. The third kappa shape index (κ3) is 5.82. The zero-order valence-electron chi connectivity index (χ0n) is 16.5. The van der Waals surface area contributed by atoms with Crippen molar-refractivity contribution in [1.29, 1.82) is 0 Å². The quantitative estimate of drug-likeness (QED) is 0.682. The molecule has 10 heteroatoms. The third-order valence-electron chi connectivity index (χ3n) is 5.00. The van der Waals surface area contributed by atoms with Crippen LogP contribution in [0.25, 0.3) is 0 Å². The lowest BCUT2D eigenvalue weighted by molar-refractivity contribution is 0.117. The van der Waals surface area contributed by atoms with Gasteiger partial charge in [-0.1, -0.05) is 35.7 Å². The smallest absolute Gasteiger partial charge is 0.290 e. The zero-order valence-corrected chi connectivity index (χ0v) is 19.7. The van der Waals surface area contributed by atoms with Gasteiger partial charge in [-0.3, -0.25) is 19.5 Å². The summed E-state index contributed by atoms with van der Waals surface area (Å²) in [7, 11) is 0. The highest BCUT2D eigenvalue weighted by atomic mass is 35.5. The Morgan fingerprint density at radius 3 is 2.40 bits per heavy atom. The molecule has 4 rings (SSSR count). The van der Waals surface area contributed by atoms with E-state index in [1.54, 1.807) is 22.9 Å². The number of rotatable bonds is 5. The summed E-state index contributed by atoms with van der Waals surface area (Å²) in [5.41, 5.74) is 1.80. The Labute approximate surface area is 198 Å². The number of aliphatic hydroxyl groups excluding tert-OH is 1. The molecule has 0 spiro atoms. The number of anilines is 2. The molecule has 0 aliphatic carbocycles. The number of para-hydroxylation sites is 1. The van der Waals surface area contributed by atoms with Crippen molar-refractivity contribution in [2.45, 2.75) is 9.92 Å². The highest BCUT2D eigenvalue weighted by Gasteiger charge is 2.29. The van der Waals surface area contributed by atoms with E-state index in [9.17, 15) is 4.79 Å². The SMILES string of the molecule is Cl.Cl.O=C(SCCN1CCN(CCO)CC1)N1c2ccccc2Sc2ncccc21. The van der Waals surface area contributed by atoms with E-state index in [4.69, 9.17) is 5.11 Å². The second-order valence-corrected chi connectivity index (χ2v) is 8.83. The molecule has 0 bridgehead atoms. The van der Waals surface area contributed by atoms with Crippen molar-refractivity contribution in [3.8, 4) is 0 Å². The first-order valence-electron chi connectivity index (χ1n) is 9.50. The van der Waals surface area contributed by atoms with Crippen LogP contribution in [0.15, 0.2) is 52.5 Å². The van der Waals surface area contributed by atoms with Gasteiger partial charge in [0.25, 0.3) is 5.24 Å². The summed E-state index contributed by atoms with van der Waals surface area (Å²) in [6.45, 7) is 5.81. The van der Waals surface area contributed by atoms with Crippen LogP contribution in [0.1, 0.15) is 0 Å². The summed E-state index contributed by atoms with van der Waals surface area (Å²) in [6.07, 6.45) is 1.77. The number of thioether (sulfide) groups is 1. The van der Waals surface area contributed by atoms with Crippen LogP contribution in [0.5, 0.6) is 0 Å². The summed E-state index contributed by atoms with van der Waals surface area (Å²) in [5.74, 6) is 0.764. The van der Waals surface area contributed by atoms with Gasteiger partial charge >= 0.3 is 0 Å². The fourth-order valence-electron chi connectivity index (χ4n) is 3.49. The third-order valence-corrected chi connectivity index (χ3v) is 6.89. The molecule has 0 atom stereocenters. The van der Waals surface area contributed by atoms with E-state index >= 15 is 0 Å². The molecule has 2 aromatic rings. The number of amides is 1. The highest BCUT2D eigenvalue weighted by Crippen LogP contribution is 2.47. The molecule has 30 heavy (non-hydrogen) atoms. The van der Waals surface area contributed by atoms with Gasteiger partial charge in [0.05, 0.1) is 18.0 Å². The number of fused-ring (bicyclic) bond motifs is 2. The second-order valence-electron chi connectivity index (χ2n) is 6.75. The van der Waals surface area contributed by atoms with Gasteiger partial charge < -0.3 is 5.11 Å². The number of β-amino-alcohol motifs (C(OH)–C–C–N with tert-alkyl or cyclic N) is 1. The maximum absolute atomic E-state index is 13.1. The van der Waals surface area contributed by atoms with E-state index in [2.05, 4.69) is 14.8 Å². The van der Waals surface area contributed by atoms with Crippen molar-refractivity contribution in [2.75, 3.05) is 56.5 Å². The molecule has 1 saturated heterocycles. The van der Waals surface area contributed by atoms with Gasteiger partial charge in [0.15, 0.2) is 0 Å². The second kappa shape index (κ2) is 12.1. The number of halogens is 2. The lowest BCUT2D eigenvalue weighted by Gasteiger charge is -2.34. The number of carbonyl (C=O) groups is 1. The summed E-state index contributed by atoms with van der Waals surface area (Å²) in [5, 5.41) is 9.96. The predicted molar refractivity (Wildman–Crippen MR) is 129 cm³/mol. The van der Waals surface area contributed by atoms with E-state index in [1.807, 2.05) is 36.4 Å². The molecule has 1 aromatic heterocycles. The lowest BCUT2D eigenvalue weighted by Crippen LogP contribution is -2.47. The van der Waals surface area contributed by atoms with Crippen LogP contribution in [0.4, 0.5) is 16.2 Å². The summed E-state index contributed by atoms with van der Waals surface area (Å²) >= 11 is 2.98. The number of piperazine rings is 1. The number of nitrogens with zero attached hydrogens (tertiary/aromatic N) is 4. The van der Waals surface area contributed by atoms with Gasteiger partial charge in [-0.25, -0.2) is 4.98 Å². The average Bonchev–Trinajstić information content (AvgIpc) is 2.73. The number of hydrogen-bond donors (Lipinski definition) is 1. The van der Waals surface area contributed by atoms with E-state index in [-0.39, 0.29) is 36.7 Å². The van der Waals surface area contributed by atoms with E-state index in [1.165, 1.54) is 11.8 Å². The Bertz CT molecular complexity index is 792. The molecule has 0 unspecified atom stereocenters. The molecular formula is C20H26Cl2N4O2S2. The summed E-state index contributed by atoms with van der Waals surface area (Å²) in [4.78, 5) is 25.1. The zero-order chi connectivity index (χ0) is 19.3. The van der Waals surface area contributed by atoms with Crippen LogP contribution in [0.3, 0.4) is 0 Å². The van der Waals surface area contributed by atoms with Crippen LogP contribution in [-0.2, 0) is 0 Å². The number of aliphatic hydroxyl groups is 1. The van der Waals surface area contributed by atoms with Gasteiger partial charge in [-0.05, 0) is 24.3 Å². The van der Waals surface area contributed by atoms with Crippen LogP contribution in [0.2, 0.25) is 0 Å². The minimum Gasteiger partial charge on any atom is -0.395 e. The number of aromatic nitrogens is 1. The fraction of sp³-hybridized carbons (Fsp3) is 0.400. The van der Waals surface area contributed by atoms with Gasteiger partial charge in [0.2, 0.25) is 0 Å². The minimum absolute atomic E-state index is 0. The van der Waals surface area contributed by atoms with Crippen molar-refractivity contribution >= 4 is 65.0 Å². The monoisotopic (exact) mass is 488 g/mol. The number of benzene rings is 1. The Kier molecular flexibility index (Phi) is 10.2. The predicted octanol–water partition coefficient (Wildman–Crippen LogP) is 3.99. The summed E-state index contributed by atoms with van der Waals surface area (Å²) in [6, 6.07) is 11.8. The van der Waals surface area contributed by atoms with Crippen molar-refractivity contribution in [2.24, 2.45) is 0 Å². The van der Waals surface area contributed by atoms with Gasteiger partial charge in [-0.2, -0.15) is 0 Å². The Balaban J connectivity index is 0.00000160. The average molecular weight is 489 g/mol. The van der Waals surface area contributed by atoms with E-state index in [0.29, 0.717) is 0 Å². The first-order chi connectivity index (χ1) is 13.8. The van der Waals surface area contributed by atoms with E-state index in [0.717, 1.165) is 66.3 Å². The van der Waals surface area contributed by atoms with Gasteiger partial charge in [0, 0.05) is 56.1 Å². The number of hydrogen-bond acceptors (Lipinski definition) is 7. The van der Waals surface area contributed by atoms with Crippen molar-refractivity contribution < 1.29 is 9.90 Å². The molecular weight excluding hydrogens is 463 g/mol. The van der Waals surface area contributed by atoms with Crippen LogP contribution >= 0.6 is 48.3 Å². The van der Waals surface area contributed by atoms with Crippen molar-refractivity contribution in [1.82, 2.24) is 14.8 Å². The van der Waals surface area contributed by atoms with Crippen LogP contribution in [-0.4, -0.2) is 76.8 Å². The normalized spacial score (nSPS) is 16.1. The molecule has 164 valence electrons. The standard InChI is InChI=1S/C20H24N4O2S2.2ClH/c25-14-12-22-8-10-23(11-9-22)13-15-27-20(26)24-16-4-1-2-6-18(16)28-19-17(24)5-3-7-21-19;;/h1-7,25H,8-15H2;2*1H. The molecule has 1 amide bonds. The topological polar surface area (TPSA) is 59.9 Å². The molecule has 1 N–H and O–H groups in total. The molecule has 6 nitrogen and oxygen atoms in total. The molecule has 1 aromatic carbocycles. The largest absolute Gasteiger partial charge is 0.395 e. The van der Waals surface area contributed by atoms with Crippen molar-refractivity contribution in [3.05, 3.63) is 42.6 Å². The maximum atomic E-state index is 13.1. The molecule has 2 aliphatic rings. The van der Waals surface area contributed by atoms with E-state index < -0.39 is 0 Å². The van der Waals surface area contributed by atoms with Crippen LogP contribution < -0.4 is 4.90 Å². The lowest BCUT2D eigenvalue weighted by atomic mass is 10.2. The fourth-order valence-corrected chi connectivity index (χ4v) is 5.34. The molecule has 1 fully saturated rings. The van der Waals surface area contributed by atoms with Crippen LogP contribution in [0, 0.1) is 0 Å². The van der Waals surface area contributed by atoms with Gasteiger partial charge in [0.1, 0.15) is 5.03 Å². The molecule has 0 saturated carbocycles. The Morgan fingerprint density at radius 2 is 1.67 bits per heavy atom. The Hall–Kier alpha value is -1.00. The maximum Gasteiger partial charge on any atom is 0.290 e. The highest BCUT2D eigenvalue weighted by molar-refractivity contribution is 8.14. The Morgan fingerprint density at radius 1 is 1.00 bits per heavy atom. The molecule has 3 heterocycles. The first-order valence-corrected chi connectivity index (χ1v) is 11.3. The van der Waals surface area contributed by atoms with Crippen molar-refractivity contribution in [3.63, 3.8) is 0 Å². The summed E-state index contributed by atoms with van der Waals surface area (Å²) < 4.78 is 0.